The molecule has 2 aromatic rings. The number of thiazole rings is 1. The number of ether oxygens (including phenoxy) is 1. The van der Waals surface area contributed by atoms with Crippen molar-refractivity contribution >= 4 is 22.4 Å². The molecule has 0 fully saturated rings. The molecular formula is C15H19N3O2S. The van der Waals surface area contributed by atoms with Gasteiger partial charge in [-0.2, -0.15) is 0 Å². The maximum Gasteiger partial charge on any atom is 0.306 e. The number of anilines is 1. The molecule has 6 heteroatoms. The molecule has 1 N–H and O–H groups in total. The molecule has 0 aromatic carbocycles. The molecule has 0 aliphatic heterocycles. The third-order valence-electron chi connectivity index (χ3n) is 2.86. The Morgan fingerprint density at radius 2 is 2.33 bits per heavy atom. The minimum Gasteiger partial charge on any atom is -0.466 e. The number of hydrogen-bond donors (Lipinski definition) is 1. The van der Waals surface area contributed by atoms with Gasteiger partial charge in [0, 0.05) is 30.7 Å². The Kier molecular flexibility index (Phi) is 6.15. The van der Waals surface area contributed by atoms with Crippen LogP contribution in [0.5, 0.6) is 0 Å². The number of carbonyl (C=O) groups is 1. The van der Waals surface area contributed by atoms with Crippen LogP contribution in [0.2, 0.25) is 0 Å². The van der Waals surface area contributed by atoms with Crippen LogP contribution in [0.1, 0.15) is 24.6 Å². The van der Waals surface area contributed by atoms with Crippen molar-refractivity contribution in [1.82, 2.24) is 9.97 Å². The molecule has 0 aliphatic carbocycles. The minimum atomic E-state index is -0.170. The summed E-state index contributed by atoms with van der Waals surface area (Å²) in [7, 11) is 0. The van der Waals surface area contributed by atoms with Crippen LogP contribution in [0.4, 0.5) is 5.13 Å². The molecule has 0 spiro atoms. The molecule has 0 radical (unpaired) electrons. The molecule has 21 heavy (non-hydrogen) atoms. The first kappa shape index (κ1) is 15.4. The van der Waals surface area contributed by atoms with Crippen LogP contribution in [0.15, 0.2) is 29.9 Å². The first-order valence-corrected chi connectivity index (χ1v) is 7.88. The maximum absolute atomic E-state index is 11.3. The van der Waals surface area contributed by atoms with Crippen LogP contribution < -0.4 is 5.32 Å². The normalized spacial score (nSPS) is 10.3. The molecule has 0 amide bonds. The van der Waals surface area contributed by atoms with Gasteiger partial charge >= 0.3 is 5.97 Å². The highest BCUT2D eigenvalue weighted by molar-refractivity contribution is 7.13. The second-order valence-electron chi connectivity index (χ2n) is 4.49. The summed E-state index contributed by atoms with van der Waals surface area (Å²) in [5.74, 6) is -0.170. The van der Waals surface area contributed by atoms with Crippen LogP contribution in [-0.4, -0.2) is 29.1 Å². The van der Waals surface area contributed by atoms with E-state index in [1.807, 2.05) is 24.6 Å². The van der Waals surface area contributed by atoms with E-state index in [1.165, 1.54) is 5.56 Å². The molecule has 2 heterocycles. The topological polar surface area (TPSA) is 64.1 Å². The van der Waals surface area contributed by atoms with Crippen molar-refractivity contribution in [2.75, 3.05) is 18.5 Å². The van der Waals surface area contributed by atoms with Gasteiger partial charge in [-0.15, -0.1) is 11.3 Å². The molecule has 0 aliphatic rings. The SMILES string of the molecule is CCOC(=O)CCc1csc(NCCc2cccnc2)n1. The van der Waals surface area contributed by atoms with Gasteiger partial charge in [0.1, 0.15) is 0 Å². The molecule has 0 bridgehead atoms. The molecule has 5 nitrogen and oxygen atoms in total. The first-order chi connectivity index (χ1) is 10.3. The van der Waals surface area contributed by atoms with Crippen molar-refractivity contribution in [3.63, 3.8) is 0 Å². The maximum atomic E-state index is 11.3. The minimum absolute atomic E-state index is 0.170. The Hall–Kier alpha value is -1.95. The third kappa shape index (κ3) is 5.51. The number of aryl methyl sites for hydroxylation is 1. The highest BCUT2D eigenvalue weighted by atomic mass is 32.1. The highest BCUT2D eigenvalue weighted by Crippen LogP contribution is 2.16. The number of pyridine rings is 1. The first-order valence-electron chi connectivity index (χ1n) is 7.00. The fourth-order valence-corrected chi connectivity index (χ4v) is 2.60. The number of nitrogens with zero attached hydrogens (tertiary/aromatic N) is 2. The molecular weight excluding hydrogens is 286 g/mol. The van der Waals surface area contributed by atoms with E-state index in [0.717, 1.165) is 23.8 Å². The third-order valence-corrected chi connectivity index (χ3v) is 3.70. The van der Waals surface area contributed by atoms with Crippen LogP contribution in [0, 0.1) is 0 Å². The van der Waals surface area contributed by atoms with Gasteiger partial charge in [-0.1, -0.05) is 6.07 Å². The summed E-state index contributed by atoms with van der Waals surface area (Å²) < 4.78 is 4.90. The largest absolute Gasteiger partial charge is 0.466 e. The molecule has 112 valence electrons. The van der Waals surface area contributed by atoms with Crippen molar-refractivity contribution in [2.45, 2.75) is 26.2 Å². The lowest BCUT2D eigenvalue weighted by Gasteiger charge is -2.02. The summed E-state index contributed by atoms with van der Waals surface area (Å²) in [5, 5.41) is 6.15. The van der Waals surface area contributed by atoms with Gasteiger partial charge in [-0.3, -0.25) is 9.78 Å². The fourth-order valence-electron chi connectivity index (χ4n) is 1.83. The van der Waals surface area contributed by atoms with E-state index in [2.05, 4.69) is 21.4 Å². The Balaban J connectivity index is 1.71. The van der Waals surface area contributed by atoms with Gasteiger partial charge in [0.25, 0.3) is 0 Å². The number of aromatic nitrogens is 2. The zero-order valence-electron chi connectivity index (χ0n) is 12.0. The second-order valence-corrected chi connectivity index (χ2v) is 5.35. The van der Waals surface area contributed by atoms with E-state index in [9.17, 15) is 4.79 Å². The zero-order valence-corrected chi connectivity index (χ0v) is 12.9. The number of nitrogens with one attached hydrogen (secondary N) is 1. The van der Waals surface area contributed by atoms with Gasteiger partial charge in [-0.25, -0.2) is 4.98 Å². The van der Waals surface area contributed by atoms with E-state index in [4.69, 9.17) is 4.74 Å². The number of esters is 1. The van der Waals surface area contributed by atoms with E-state index < -0.39 is 0 Å². The Labute approximate surface area is 128 Å². The van der Waals surface area contributed by atoms with E-state index in [-0.39, 0.29) is 5.97 Å². The lowest BCUT2D eigenvalue weighted by molar-refractivity contribution is -0.143. The van der Waals surface area contributed by atoms with E-state index in [0.29, 0.717) is 19.4 Å². The lowest BCUT2D eigenvalue weighted by Crippen LogP contribution is -2.06. The molecule has 2 aromatic heterocycles. The van der Waals surface area contributed by atoms with E-state index in [1.54, 1.807) is 17.5 Å². The summed E-state index contributed by atoms with van der Waals surface area (Å²) in [5.41, 5.74) is 2.13. The summed E-state index contributed by atoms with van der Waals surface area (Å²) in [6, 6.07) is 3.99. The lowest BCUT2D eigenvalue weighted by atomic mass is 10.2. The van der Waals surface area contributed by atoms with Gasteiger partial charge in [-0.05, 0) is 25.0 Å². The summed E-state index contributed by atoms with van der Waals surface area (Å²) in [6.45, 7) is 3.05. The van der Waals surface area contributed by atoms with Crippen LogP contribution in [-0.2, 0) is 22.4 Å². The molecule has 0 atom stereocenters. The van der Waals surface area contributed by atoms with Crippen molar-refractivity contribution in [3.8, 4) is 0 Å². The number of carbonyl (C=O) groups excluding carboxylic acids is 1. The van der Waals surface area contributed by atoms with Gasteiger partial charge in [0.2, 0.25) is 0 Å². The Morgan fingerprint density at radius 1 is 1.43 bits per heavy atom. The average Bonchev–Trinajstić information content (AvgIpc) is 2.95. The van der Waals surface area contributed by atoms with Crippen molar-refractivity contribution in [3.05, 3.63) is 41.2 Å². The van der Waals surface area contributed by atoms with Crippen molar-refractivity contribution < 1.29 is 9.53 Å². The Morgan fingerprint density at radius 3 is 3.10 bits per heavy atom. The summed E-state index contributed by atoms with van der Waals surface area (Å²) in [6.07, 6.45) is 5.56. The van der Waals surface area contributed by atoms with Crippen LogP contribution >= 0.6 is 11.3 Å². The molecule has 0 saturated heterocycles. The average molecular weight is 305 g/mol. The predicted octanol–water partition coefficient (Wildman–Crippen LogP) is 2.69. The number of rotatable bonds is 8. The molecule has 0 saturated carbocycles. The predicted molar refractivity (Wildman–Crippen MR) is 83.5 cm³/mol. The second kappa shape index (κ2) is 8.36. The van der Waals surface area contributed by atoms with Gasteiger partial charge < -0.3 is 10.1 Å². The monoisotopic (exact) mass is 305 g/mol. The molecule has 0 unspecified atom stereocenters. The zero-order chi connectivity index (χ0) is 14.9. The van der Waals surface area contributed by atoms with E-state index >= 15 is 0 Å². The summed E-state index contributed by atoms with van der Waals surface area (Å²) in [4.78, 5) is 19.8. The van der Waals surface area contributed by atoms with Crippen LogP contribution in [0.25, 0.3) is 0 Å². The van der Waals surface area contributed by atoms with Gasteiger partial charge in [0.05, 0.1) is 18.7 Å². The van der Waals surface area contributed by atoms with Crippen LogP contribution in [0.3, 0.4) is 0 Å². The quantitative estimate of drug-likeness (QED) is 0.760. The Bertz CT molecular complexity index is 557. The van der Waals surface area contributed by atoms with Crippen molar-refractivity contribution in [1.29, 1.82) is 0 Å². The van der Waals surface area contributed by atoms with Gasteiger partial charge in [0.15, 0.2) is 5.13 Å². The number of hydrogen-bond acceptors (Lipinski definition) is 6. The fraction of sp³-hybridized carbons (Fsp3) is 0.400. The molecule has 2 rings (SSSR count). The summed E-state index contributed by atoms with van der Waals surface area (Å²) >= 11 is 1.56. The van der Waals surface area contributed by atoms with Crippen molar-refractivity contribution in [2.24, 2.45) is 0 Å². The highest BCUT2D eigenvalue weighted by Gasteiger charge is 2.06. The standard InChI is InChI=1S/C15H19N3O2S/c1-2-20-14(19)6-5-13-11-21-15(18-13)17-9-7-12-4-3-8-16-10-12/h3-4,8,10-11H,2,5-7,9H2,1H3,(H,17,18). The smallest absolute Gasteiger partial charge is 0.306 e.